The minimum Gasteiger partial charge on any atom is -0.465 e. The summed E-state index contributed by atoms with van der Waals surface area (Å²) in [6.07, 6.45) is 7.46. The molecule has 1 aromatic rings. The zero-order valence-electron chi connectivity index (χ0n) is 16.2. The average Bonchev–Trinajstić information content (AvgIpc) is 3.16. The highest BCUT2D eigenvalue weighted by Crippen LogP contribution is 2.30. The van der Waals surface area contributed by atoms with Gasteiger partial charge in [-0.2, -0.15) is 0 Å². The monoisotopic (exact) mass is 428 g/mol. The fourth-order valence-electron chi connectivity index (χ4n) is 3.75. The predicted molar refractivity (Wildman–Crippen MR) is 109 cm³/mol. The van der Waals surface area contributed by atoms with Gasteiger partial charge < -0.3 is 14.4 Å². The Morgan fingerprint density at radius 3 is 2.61 bits per heavy atom. The van der Waals surface area contributed by atoms with E-state index in [9.17, 15) is 9.59 Å². The number of aromatic nitrogens is 2. The van der Waals surface area contributed by atoms with Crippen LogP contribution in [0.25, 0.3) is 0 Å². The second kappa shape index (κ2) is 11.0. The van der Waals surface area contributed by atoms with E-state index in [1.807, 2.05) is 4.90 Å². The first-order valence-electron chi connectivity index (χ1n) is 9.96. The maximum atomic E-state index is 13.1. The summed E-state index contributed by atoms with van der Waals surface area (Å²) >= 11 is 2.55. The van der Waals surface area contributed by atoms with Gasteiger partial charge >= 0.3 is 12.0 Å². The van der Waals surface area contributed by atoms with Crippen LogP contribution >= 0.6 is 23.1 Å². The van der Waals surface area contributed by atoms with Gasteiger partial charge in [0.05, 0.1) is 12.4 Å². The van der Waals surface area contributed by atoms with Crippen LogP contribution in [0.3, 0.4) is 0 Å². The van der Waals surface area contributed by atoms with E-state index in [-0.39, 0.29) is 29.8 Å². The Bertz CT molecular complexity index is 627. The van der Waals surface area contributed by atoms with E-state index in [1.165, 1.54) is 42.4 Å². The number of hydrogen-bond donors (Lipinski definition) is 1. The van der Waals surface area contributed by atoms with Gasteiger partial charge in [0, 0.05) is 25.3 Å². The first-order chi connectivity index (χ1) is 13.7. The van der Waals surface area contributed by atoms with Gasteiger partial charge in [0.25, 0.3) is 0 Å². The summed E-state index contributed by atoms with van der Waals surface area (Å²) < 4.78 is 11.0. The van der Waals surface area contributed by atoms with Crippen molar-refractivity contribution in [3.8, 4) is 0 Å². The van der Waals surface area contributed by atoms with Crippen molar-refractivity contribution in [3.63, 3.8) is 0 Å². The van der Waals surface area contributed by atoms with Gasteiger partial charge in [0.2, 0.25) is 5.13 Å². The molecule has 28 heavy (non-hydrogen) atoms. The summed E-state index contributed by atoms with van der Waals surface area (Å²) in [5.74, 6) is -0.0940. The van der Waals surface area contributed by atoms with Crippen molar-refractivity contribution < 1.29 is 19.1 Å². The van der Waals surface area contributed by atoms with Crippen molar-refractivity contribution in [1.29, 1.82) is 0 Å². The minimum absolute atomic E-state index is 0.100. The maximum Gasteiger partial charge on any atom is 0.324 e. The third kappa shape index (κ3) is 6.05. The Kier molecular flexibility index (Phi) is 8.35. The second-order valence-corrected chi connectivity index (χ2v) is 9.14. The molecule has 1 saturated carbocycles. The summed E-state index contributed by atoms with van der Waals surface area (Å²) in [4.78, 5) is 26.6. The van der Waals surface area contributed by atoms with Crippen molar-refractivity contribution in [2.24, 2.45) is 0 Å². The standard InChI is InChI=1S/C18H28N4O4S2/c1-2-26-15(23)12-27-18-21-20-16(28-18)19-17(24)22(13-6-4-3-5-7-13)14-8-10-25-11-9-14/h13-14H,2-12H2,1H3,(H,19,20,24). The van der Waals surface area contributed by atoms with Crippen LogP contribution in [-0.2, 0) is 14.3 Å². The molecule has 1 aliphatic heterocycles. The lowest BCUT2D eigenvalue weighted by atomic mass is 9.92. The van der Waals surface area contributed by atoms with E-state index in [0.717, 1.165) is 25.7 Å². The van der Waals surface area contributed by atoms with Crippen LogP contribution in [0.4, 0.5) is 9.93 Å². The van der Waals surface area contributed by atoms with Crippen LogP contribution in [0.15, 0.2) is 4.34 Å². The highest BCUT2D eigenvalue weighted by atomic mass is 32.2. The fourth-order valence-corrected chi connectivity index (χ4v) is 5.29. The second-order valence-electron chi connectivity index (χ2n) is 6.94. The first-order valence-corrected chi connectivity index (χ1v) is 11.8. The smallest absolute Gasteiger partial charge is 0.324 e. The zero-order chi connectivity index (χ0) is 19.8. The summed E-state index contributed by atoms with van der Waals surface area (Å²) in [5.41, 5.74) is 0. The Labute approximate surface area is 173 Å². The Morgan fingerprint density at radius 1 is 1.18 bits per heavy atom. The first kappa shape index (κ1) is 21.3. The molecule has 8 nitrogen and oxygen atoms in total. The molecule has 3 rings (SSSR count). The van der Waals surface area contributed by atoms with Crippen molar-refractivity contribution >= 4 is 40.2 Å². The van der Waals surface area contributed by atoms with Gasteiger partial charge in [-0.15, -0.1) is 10.2 Å². The predicted octanol–water partition coefficient (Wildman–Crippen LogP) is 3.54. The van der Waals surface area contributed by atoms with Crippen molar-refractivity contribution in [1.82, 2.24) is 15.1 Å². The van der Waals surface area contributed by atoms with Crippen LogP contribution in [0, 0.1) is 0 Å². The van der Waals surface area contributed by atoms with Crippen molar-refractivity contribution in [3.05, 3.63) is 0 Å². The lowest BCUT2D eigenvalue weighted by Crippen LogP contribution is -2.51. The molecule has 0 aromatic carbocycles. The van der Waals surface area contributed by atoms with Crippen LogP contribution in [0.1, 0.15) is 51.9 Å². The molecule has 156 valence electrons. The number of esters is 1. The zero-order valence-corrected chi connectivity index (χ0v) is 17.9. The summed E-state index contributed by atoms with van der Waals surface area (Å²) in [5, 5.41) is 11.5. The van der Waals surface area contributed by atoms with Gasteiger partial charge in [0.1, 0.15) is 0 Å². The third-order valence-corrected chi connectivity index (χ3v) is 6.97. The van der Waals surface area contributed by atoms with Crippen LogP contribution in [-0.4, -0.2) is 64.8 Å². The molecule has 0 unspecified atom stereocenters. The number of anilines is 1. The number of amides is 2. The van der Waals surface area contributed by atoms with Gasteiger partial charge in [-0.3, -0.25) is 10.1 Å². The molecule has 2 fully saturated rings. The van der Waals surface area contributed by atoms with Crippen molar-refractivity contribution in [2.45, 2.75) is 68.3 Å². The number of urea groups is 1. The molecule has 1 aromatic heterocycles. The molecular formula is C18H28N4O4S2. The number of thioether (sulfide) groups is 1. The molecule has 10 heteroatoms. The molecule has 0 spiro atoms. The van der Waals surface area contributed by atoms with Gasteiger partial charge in [-0.25, -0.2) is 4.79 Å². The molecule has 0 radical (unpaired) electrons. The third-order valence-electron chi connectivity index (χ3n) is 5.03. The maximum absolute atomic E-state index is 13.1. The fraction of sp³-hybridized carbons (Fsp3) is 0.778. The lowest BCUT2D eigenvalue weighted by molar-refractivity contribution is -0.139. The number of rotatable bonds is 7. The van der Waals surface area contributed by atoms with Gasteiger partial charge in [-0.1, -0.05) is 42.4 Å². The van der Waals surface area contributed by atoms with Crippen LogP contribution < -0.4 is 5.32 Å². The number of carbonyl (C=O) groups is 2. The van der Waals surface area contributed by atoms with Gasteiger partial charge in [0.15, 0.2) is 4.34 Å². The lowest BCUT2D eigenvalue weighted by Gasteiger charge is -2.41. The molecule has 2 aliphatic rings. The molecule has 2 heterocycles. The normalized spacial score (nSPS) is 18.6. The number of nitrogens with one attached hydrogen (secondary N) is 1. The van der Waals surface area contributed by atoms with Crippen LogP contribution in [0.5, 0.6) is 0 Å². The molecule has 1 aliphatic carbocycles. The van der Waals surface area contributed by atoms with E-state index in [4.69, 9.17) is 9.47 Å². The van der Waals surface area contributed by atoms with E-state index in [2.05, 4.69) is 15.5 Å². The molecule has 2 amide bonds. The molecule has 1 N–H and O–H groups in total. The van der Waals surface area contributed by atoms with E-state index < -0.39 is 0 Å². The molecule has 0 bridgehead atoms. The topological polar surface area (TPSA) is 93.7 Å². The quantitative estimate of drug-likeness (QED) is 0.403. The van der Waals surface area contributed by atoms with E-state index in [1.54, 1.807) is 6.92 Å². The summed E-state index contributed by atoms with van der Waals surface area (Å²) in [6, 6.07) is 0.391. The summed E-state index contributed by atoms with van der Waals surface area (Å²) in [6.45, 7) is 3.54. The Hall–Kier alpha value is -1.39. The van der Waals surface area contributed by atoms with Crippen LogP contribution in [0.2, 0.25) is 0 Å². The molecule has 1 saturated heterocycles. The van der Waals surface area contributed by atoms with E-state index in [0.29, 0.717) is 29.3 Å². The number of hydrogen-bond acceptors (Lipinski definition) is 8. The van der Waals surface area contributed by atoms with E-state index >= 15 is 0 Å². The number of ether oxygens (including phenoxy) is 2. The van der Waals surface area contributed by atoms with Gasteiger partial charge in [-0.05, 0) is 32.6 Å². The minimum atomic E-state index is -0.281. The Morgan fingerprint density at radius 2 is 1.89 bits per heavy atom. The highest BCUT2D eigenvalue weighted by Gasteiger charge is 2.33. The Balaban J connectivity index is 1.60. The molecular weight excluding hydrogens is 400 g/mol. The number of carbonyl (C=O) groups excluding carboxylic acids is 2. The SMILES string of the molecule is CCOC(=O)CSc1nnc(NC(=O)N(C2CCCCC2)C2CCOCC2)s1. The highest BCUT2D eigenvalue weighted by molar-refractivity contribution is 8.01. The molecule has 0 atom stereocenters. The average molecular weight is 429 g/mol. The largest absolute Gasteiger partial charge is 0.465 e. The van der Waals surface area contributed by atoms with Crippen molar-refractivity contribution in [2.75, 3.05) is 30.9 Å². The summed E-state index contributed by atoms with van der Waals surface area (Å²) in [7, 11) is 0. The number of nitrogens with zero attached hydrogens (tertiary/aromatic N) is 3.